The molecule has 0 spiro atoms. The van der Waals surface area contributed by atoms with Crippen molar-refractivity contribution >= 4 is 22.4 Å². The van der Waals surface area contributed by atoms with E-state index in [1.54, 1.807) is 18.7 Å². The van der Waals surface area contributed by atoms with Gasteiger partial charge >= 0.3 is 12.4 Å². The molecule has 0 fully saturated rings. The second-order valence-electron chi connectivity index (χ2n) is 5.32. The third-order valence-electron chi connectivity index (χ3n) is 3.40. The van der Waals surface area contributed by atoms with Crippen LogP contribution in [0.5, 0.6) is 0 Å². The van der Waals surface area contributed by atoms with Crippen LogP contribution in [0.1, 0.15) is 11.4 Å². The normalized spacial score (nSPS) is 11.9. The monoisotopic (exact) mass is 392 g/mol. The number of aryl methyl sites for hydroxylation is 1. The van der Waals surface area contributed by atoms with Crippen LogP contribution in [0.15, 0.2) is 30.9 Å². The predicted octanol–water partition coefficient (Wildman–Crippen LogP) is 3.71. The first-order valence-electron chi connectivity index (χ1n) is 7.28. The van der Waals surface area contributed by atoms with E-state index in [9.17, 15) is 26.3 Å². The largest absolute Gasteiger partial charge is 0.433 e. The number of nitrogens with zero attached hydrogens (tertiary/aromatic N) is 4. The van der Waals surface area contributed by atoms with E-state index in [0.29, 0.717) is 16.7 Å². The van der Waals surface area contributed by atoms with Gasteiger partial charge in [-0.15, -0.1) is 0 Å². The molecule has 3 N–H and O–H groups in total. The Balaban J connectivity index is 0.000000194. The molecule has 6 nitrogen and oxygen atoms in total. The predicted molar refractivity (Wildman–Crippen MR) is 86.7 cm³/mol. The summed E-state index contributed by atoms with van der Waals surface area (Å²) in [7, 11) is 3.25. The van der Waals surface area contributed by atoms with Gasteiger partial charge < -0.3 is 15.6 Å². The molecule has 0 unspecified atom stereocenters. The highest BCUT2D eigenvalue weighted by Gasteiger charge is 2.33. The number of alkyl halides is 6. The van der Waals surface area contributed by atoms with Crippen molar-refractivity contribution in [1.29, 1.82) is 0 Å². The fourth-order valence-electron chi connectivity index (χ4n) is 2.01. The lowest BCUT2D eigenvalue weighted by Crippen LogP contribution is -2.09. The third kappa shape index (κ3) is 4.77. The molecule has 0 aliphatic carbocycles. The Bertz CT molecular complexity index is 931. The van der Waals surface area contributed by atoms with Crippen LogP contribution in [-0.2, 0) is 19.4 Å². The van der Waals surface area contributed by atoms with Crippen molar-refractivity contribution < 1.29 is 26.3 Å². The number of hydrogen-bond acceptors (Lipinski definition) is 5. The minimum absolute atomic E-state index is 0.0322. The van der Waals surface area contributed by atoms with Crippen LogP contribution in [-0.4, -0.2) is 26.6 Å². The quantitative estimate of drug-likeness (QED) is 0.617. The molecule has 0 saturated heterocycles. The molecule has 12 heteroatoms. The van der Waals surface area contributed by atoms with Crippen LogP contribution in [0.2, 0.25) is 0 Å². The zero-order chi connectivity index (χ0) is 20.4. The van der Waals surface area contributed by atoms with Gasteiger partial charge in [-0.3, -0.25) is 0 Å². The number of nitrogens with one attached hydrogen (secondary N) is 1. The lowest BCUT2D eigenvalue weighted by atomic mass is 10.3. The van der Waals surface area contributed by atoms with Crippen molar-refractivity contribution in [3.05, 3.63) is 42.2 Å². The lowest BCUT2D eigenvalue weighted by Gasteiger charge is -2.08. The molecule has 3 aromatic rings. The molecular formula is C15H14F6N6. The zero-order valence-electron chi connectivity index (χ0n) is 14.0. The summed E-state index contributed by atoms with van der Waals surface area (Å²) < 4.78 is 74.5. The maximum atomic E-state index is 12.2. The molecule has 0 bridgehead atoms. The second-order valence-corrected chi connectivity index (χ2v) is 5.32. The Morgan fingerprint density at radius 1 is 0.926 bits per heavy atom. The van der Waals surface area contributed by atoms with Gasteiger partial charge in [-0.05, 0) is 12.1 Å². The second kappa shape index (κ2) is 7.29. The number of aromatic nitrogens is 4. The number of rotatable bonds is 1. The number of anilines is 2. The Morgan fingerprint density at radius 2 is 1.48 bits per heavy atom. The molecule has 0 atom stereocenters. The van der Waals surface area contributed by atoms with Gasteiger partial charge in [0.2, 0.25) is 0 Å². The smallest absolute Gasteiger partial charge is 0.397 e. The summed E-state index contributed by atoms with van der Waals surface area (Å²) >= 11 is 0. The van der Waals surface area contributed by atoms with Crippen molar-refractivity contribution in [2.24, 2.45) is 7.05 Å². The van der Waals surface area contributed by atoms with Gasteiger partial charge in [-0.2, -0.15) is 26.3 Å². The molecule has 0 aromatic carbocycles. The summed E-state index contributed by atoms with van der Waals surface area (Å²) in [6.45, 7) is 0. The van der Waals surface area contributed by atoms with Crippen LogP contribution in [0.25, 0.3) is 11.0 Å². The molecule has 0 aliphatic heterocycles. The molecule has 146 valence electrons. The molecular weight excluding hydrogens is 378 g/mol. The molecule has 0 saturated carbocycles. The number of fused-ring (bicyclic) bond motifs is 1. The molecule has 0 amide bonds. The van der Waals surface area contributed by atoms with E-state index in [2.05, 4.69) is 20.3 Å². The Labute approximate surface area is 149 Å². The van der Waals surface area contributed by atoms with Crippen LogP contribution in [0.3, 0.4) is 0 Å². The number of hydrogen-bond donors (Lipinski definition) is 2. The van der Waals surface area contributed by atoms with Crippen LogP contribution in [0, 0.1) is 0 Å². The third-order valence-corrected chi connectivity index (χ3v) is 3.40. The summed E-state index contributed by atoms with van der Waals surface area (Å²) in [6.07, 6.45) is -5.18. The molecule has 3 aromatic heterocycles. The summed E-state index contributed by atoms with van der Waals surface area (Å²) in [5.74, 6) is 0. The first-order chi connectivity index (χ1) is 12.4. The van der Waals surface area contributed by atoms with E-state index < -0.39 is 23.7 Å². The number of imidazole rings is 1. The molecule has 0 aliphatic rings. The van der Waals surface area contributed by atoms with Gasteiger partial charge in [0.15, 0.2) is 0 Å². The van der Waals surface area contributed by atoms with E-state index in [0.717, 1.165) is 18.3 Å². The summed E-state index contributed by atoms with van der Waals surface area (Å²) in [5, 5.41) is 2.62. The van der Waals surface area contributed by atoms with Crippen molar-refractivity contribution in [3.8, 4) is 0 Å². The molecule has 0 radical (unpaired) electrons. The summed E-state index contributed by atoms with van der Waals surface area (Å²) in [5.41, 5.74) is 4.73. The Morgan fingerprint density at radius 3 is 2.00 bits per heavy atom. The average molecular weight is 392 g/mol. The number of pyridine rings is 2. The molecule has 27 heavy (non-hydrogen) atoms. The number of nitrogen functional groups attached to an aromatic ring is 1. The van der Waals surface area contributed by atoms with Gasteiger partial charge in [0.25, 0.3) is 0 Å². The van der Waals surface area contributed by atoms with Crippen molar-refractivity contribution in [2.45, 2.75) is 12.4 Å². The van der Waals surface area contributed by atoms with E-state index in [-0.39, 0.29) is 5.69 Å². The van der Waals surface area contributed by atoms with Crippen LogP contribution < -0.4 is 11.1 Å². The average Bonchev–Trinajstić information content (AvgIpc) is 2.94. The van der Waals surface area contributed by atoms with E-state index in [4.69, 9.17) is 5.73 Å². The highest BCUT2D eigenvalue weighted by Crippen LogP contribution is 2.30. The Hall–Kier alpha value is -3.05. The summed E-state index contributed by atoms with van der Waals surface area (Å²) in [6, 6.07) is 1.74. The van der Waals surface area contributed by atoms with Gasteiger partial charge in [-0.25, -0.2) is 15.0 Å². The van der Waals surface area contributed by atoms with Crippen molar-refractivity contribution in [1.82, 2.24) is 19.5 Å². The van der Waals surface area contributed by atoms with Crippen molar-refractivity contribution in [2.75, 3.05) is 18.1 Å². The maximum absolute atomic E-state index is 12.2. The minimum atomic E-state index is -4.44. The van der Waals surface area contributed by atoms with Gasteiger partial charge in [0.1, 0.15) is 11.4 Å². The lowest BCUT2D eigenvalue weighted by molar-refractivity contribution is -0.141. The van der Waals surface area contributed by atoms with Gasteiger partial charge in [0, 0.05) is 14.1 Å². The van der Waals surface area contributed by atoms with E-state index in [1.807, 2.05) is 0 Å². The fourth-order valence-corrected chi connectivity index (χ4v) is 2.01. The zero-order valence-corrected chi connectivity index (χ0v) is 14.0. The first kappa shape index (κ1) is 20.3. The van der Waals surface area contributed by atoms with Gasteiger partial charge in [-0.1, -0.05) is 0 Å². The highest BCUT2D eigenvalue weighted by molar-refractivity contribution is 5.74. The van der Waals surface area contributed by atoms with Crippen LogP contribution in [0.4, 0.5) is 37.7 Å². The highest BCUT2D eigenvalue weighted by atomic mass is 19.4. The van der Waals surface area contributed by atoms with Crippen molar-refractivity contribution in [3.63, 3.8) is 0 Å². The maximum Gasteiger partial charge on any atom is 0.433 e. The fraction of sp³-hybridized carbons (Fsp3) is 0.267. The minimum Gasteiger partial charge on any atom is -0.397 e. The standard InChI is InChI=1S/C8H6F3N3.C7H8F3N3/c1-14-4-13-5-2-7(8(9,10)11)12-3-6(5)14;1-12-5-3-13-6(2-4(5)11)7(8,9)10/h2-4H,1H3;2-3,12H,1H3,(H2,11,13). The first-order valence-corrected chi connectivity index (χ1v) is 7.28. The molecule has 3 heterocycles. The summed E-state index contributed by atoms with van der Waals surface area (Å²) in [4.78, 5) is 10.4. The number of nitrogens with two attached hydrogens (primary N) is 1. The van der Waals surface area contributed by atoms with Gasteiger partial charge in [0.05, 0.1) is 41.1 Å². The Kier molecular flexibility index (Phi) is 5.47. The van der Waals surface area contributed by atoms with Crippen LogP contribution >= 0.6 is 0 Å². The SMILES string of the molecule is CNc1cnc(C(F)(F)F)cc1N.Cn1cnc2cc(C(F)(F)F)ncc21. The van der Waals surface area contributed by atoms with E-state index in [1.165, 1.54) is 12.5 Å². The topological polar surface area (TPSA) is 81.6 Å². The molecule has 3 rings (SSSR count). The van der Waals surface area contributed by atoms with E-state index >= 15 is 0 Å². The number of halogens is 6.